The highest BCUT2D eigenvalue weighted by atomic mass is 19.1. The van der Waals surface area contributed by atoms with Gasteiger partial charge in [-0.1, -0.05) is 19.9 Å². The van der Waals surface area contributed by atoms with Crippen molar-refractivity contribution in [3.63, 3.8) is 0 Å². The summed E-state index contributed by atoms with van der Waals surface area (Å²) in [5.74, 6) is -0.730. The van der Waals surface area contributed by atoms with Crippen molar-refractivity contribution in [3.05, 3.63) is 35.4 Å². The first-order valence-electron chi connectivity index (χ1n) is 6.20. The Kier molecular flexibility index (Phi) is 5.69. The summed E-state index contributed by atoms with van der Waals surface area (Å²) < 4.78 is 26.2. The average Bonchev–Trinajstić information content (AvgIpc) is 2.28. The summed E-state index contributed by atoms with van der Waals surface area (Å²) in [4.78, 5) is 2.01. The molecule has 0 fully saturated rings. The van der Waals surface area contributed by atoms with Crippen LogP contribution in [0.2, 0.25) is 0 Å². The molecule has 0 aliphatic heterocycles. The summed E-state index contributed by atoms with van der Waals surface area (Å²) in [6, 6.07) is 3.71. The van der Waals surface area contributed by atoms with E-state index in [4.69, 9.17) is 0 Å². The summed E-state index contributed by atoms with van der Waals surface area (Å²) >= 11 is 0. The number of nitrogens with zero attached hydrogens (tertiary/aromatic N) is 1. The first-order valence-corrected chi connectivity index (χ1v) is 6.20. The number of hydrogen-bond acceptors (Lipinski definition) is 2. The summed E-state index contributed by atoms with van der Waals surface area (Å²) in [6.45, 7) is 4.79. The van der Waals surface area contributed by atoms with Gasteiger partial charge in [0.1, 0.15) is 11.6 Å². The number of aliphatic hydroxyl groups excluding tert-OH is 1. The number of rotatable bonds is 6. The molecule has 1 N–H and O–H groups in total. The van der Waals surface area contributed by atoms with Gasteiger partial charge >= 0.3 is 0 Å². The van der Waals surface area contributed by atoms with Crippen molar-refractivity contribution in [1.29, 1.82) is 0 Å². The normalized spacial score (nSPS) is 13.3. The third-order valence-electron chi connectivity index (χ3n) is 3.27. The van der Waals surface area contributed by atoms with Crippen molar-refractivity contribution in [2.24, 2.45) is 5.92 Å². The fourth-order valence-electron chi connectivity index (χ4n) is 2.05. The van der Waals surface area contributed by atoms with Crippen LogP contribution in [-0.2, 0) is 6.42 Å². The van der Waals surface area contributed by atoms with E-state index in [9.17, 15) is 13.9 Å². The van der Waals surface area contributed by atoms with Gasteiger partial charge in [-0.05, 0) is 31.0 Å². The van der Waals surface area contributed by atoms with Gasteiger partial charge in [0.2, 0.25) is 0 Å². The maximum atomic E-state index is 13.4. The van der Waals surface area contributed by atoms with Crippen LogP contribution in [0.5, 0.6) is 0 Å². The van der Waals surface area contributed by atoms with Gasteiger partial charge < -0.3 is 10.0 Å². The predicted molar refractivity (Wildman–Crippen MR) is 68.4 cm³/mol. The van der Waals surface area contributed by atoms with Crippen molar-refractivity contribution in [1.82, 2.24) is 4.90 Å². The van der Waals surface area contributed by atoms with Crippen molar-refractivity contribution >= 4 is 0 Å². The Labute approximate surface area is 107 Å². The highest BCUT2D eigenvalue weighted by Gasteiger charge is 2.17. The number of likely N-dealkylation sites (N-methyl/N-ethyl adjacent to an activating group) is 1. The number of benzene rings is 1. The summed E-state index contributed by atoms with van der Waals surface area (Å²) in [5.41, 5.74) is 0.503. The van der Waals surface area contributed by atoms with Crippen LogP contribution in [0.3, 0.4) is 0 Å². The molecule has 0 heterocycles. The Morgan fingerprint density at radius 3 is 2.44 bits per heavy atom. The molecule has 0 saturated carbocycles. The van der Waals surface area contributed by atoms with E-state index in [0.717, 1.165) is 6.07 Å². The van der Waals surface area contributed by atoms with Gasteiger partial charge in [0.05, 0.1) is 6.61 Å². The minimum atomic E-state index is -0.556. The SMILES string of the molecule is CC(C)C(CO)N(C)CCc1ccc(F)cc1F. The van der Waals surface area contributed by atoms with Crippen LogP contribution in [0.1, 0.15) is 19.4 Å². The van der Waals surface area contributed by atoms with Gasteiger partial charge in [0.25, 0.3) is 0 Å². The zero-order valence-corrected chi connectivity index (χ0v) is 11.2. The van der Waals surface area contributed by atoms with E-state index in [-0.39, 0.29) is 12.6 Å². The Morgan fingerprint density at radius 2 is 1.94 bits per heavy atom. The molecule has 0 amide bonds. The van der Waals surface area contributed by atoms with Crippen LogP contribution in [-0.4, -0.2) is 36.2 Å². The molecule has 102 valence electrons. The van der Waals surface area contributed by atoms with E-state index in [1.165, 1.54) is 12.1 Å². The molecule has 1 aromatic rings. The predicted octanol–water partition coefficient (Wildman–Crippen LogP) is 2.46. The van der Waals surface area contributed by atoms with E-state index in [2.05, 4.69) is 0 Å². The number of hydrogen-bond donors (Lipinski definition) is 1. The Bertz CT molecular complexity index is 382. The van der Waals surface area contributed by atoms with Gasteiger partial charge in [-0.15, -0.1) is 0 Å². The molecule has 0 saturated heterocycles. The summed E-state index contributed by atoms with van der Waals surface area (Å²) in [7, 11) is 1.91. The van der Waals surface area contributed by atoms with Gasteiger partial charge in [0, 0.05) is 18.7 Å². The van der Waals surface area contributed by atoms with E-state index in [1.807, 2.05) is 25.8 Å². The van der Waals surface area contributed by atoms with Gasteiger partial charge in [0.15, 0.2) is 0 Å². The molecule has 1 atom stereocenters. The molecular formula is C14H21F2NO. The Hall–Kier alpha value is -1.00. The van der Waals surface area contributed by atoms with Crippen molar-refractivity contribution in [2.45, 2.75) is 26.3 Å². The lowest BCUT2D eigenvalue weighted by atomic mass is 10.0. The summed E-state index contributed by atoms with van der Waals surface area (Å²) in [5, 5.41) is 9.29. The molecule has 0 bridgehead atoms. The molecule has 1 unspecified atom stereocenters. The van der Waals surface area contributed by atoms with Crippen LogP contribution >= 0.6 is 0 Å². The van der Waals surface area contributed by atoms with Gasteiger partial charge in [-0.25, -0.2) is 8.78 Å². The average molecular weight is 257 g/mol. The highest BCUT2D eigenvalue weighted by Crippen LogP contribution is 2.13. The van der Waals surface area contributed by atoms with E-state index < -0.39 is 11.6 Å². The molecule has 0 radical (unpaired) electrons. The van der Waals surface area contributed by atoms with Crippen molar-refractivity contribution in [2.75, 3.05) is 20.2 Å². The van der Waals surface area contributed by atoms with Crippen molar-refractivity contribution in [3.8, 4) is 0 Å². The lowest BCUT2D eigenvalue weighted by molar-refractivity contribution is 0.114. The molecule has 1 aromatic carbocycles. The van der Waals surface area contributed by atoms with E-state index in [0.29, 0.717) is 24.4 Å². The van der Waals surface area contributed by atoms with E-state index in [1.54, 1.807) is 0 Å². The lowest BCUT2D eigenvalue weighted by Crippen LogP contribution is -2.40. The first-order chi connectivity index (χ1) is 8.45. The van der Waals surface area contributed by atoms with Crippen LogP contribution in [0, 0.1) is 17.6 Å². The van der Waals surface area contributed by atoms with Gasteiger partial charge in [-0.3, -0.25) is 0 Å². The second-order valence-corrected chi connectivity index (χ2v) is 4.96. The minimum Gasteiger partial charge on any atom is -0.395 e. The maximum Gasteiger partial charge on any atom is 0.129 e. The quantitative estimate of drug-likeness (QED) is 0.846. The monoisotopic (exact) mass is 257 g/mol. The third kappa shape index (κ3) is 4.03. The zero-order chi connectivity index (χ0) is 13.7. The summed E-state index contributed by atoms with van der Waals surface area (Å²) in [6.07, 6.45) is 0.506. The largest absolute Gasteiger partial charge is 0.395 e. The zero-order valence-electron chi connectivity index (χ0n) is 11.2. The maximum absolute atomic E-state index is 13.4. The second-order valence-electron chi connectivity index (χ2n) is 4.96. The molecule has 18 heavy (non-hydrogen) atoms. The molecule has 0 aliphatic carbocycles. The number of halogens is 2. The lowest BCUT2D eigenvalue weighted by Gasteiger charge is -2.29. The topological polar surface area (TPSA) is 23.5 Å². The Balaban J connectivity index is 2.59. The molecule has 0 aliphatic rings. The smallest absolute Gasteiger partial charge is 0.129 e. The second kappa shape index (κ2) is 6.81. The molecular weight excluding hydrogens is 236 g/mol. The third-order valence-corrected chi connectivity index (χ3v) is 3.27. The fourth-order valence-corrected chi connectivity index (χ4v) is 2.05. The molecule has 2 nitrogen and oxygen atoms in total. The first kappa shape index (κ1) is 15.1. The van der Waals surface area contributed by atoms with Gasteiger partial charge in [-0.2, -0.15) is 0 Å². The Morgan fingerprint density at radius 1 is 1.28 bits per heavy atom. The highest BCUT2D eigenvalue weighted by molar-refractivity contribution is 5.18. The van der Waals surface area contributed by atoms with Crippen LogP contribution in [0.4, 0.5) is 8.78 Å². The molecule has 0 aromatic heterocycles. The van der Waals surface area contributed by atoms with E-state index >= 15 is 0 Å². The van der Waals surface area contributed by atoms with Crippen molar-refractivity contribution < 1.29 is 13.9 Å². The fraction of sp³-hybridized carbons (Fsp3) is 0.571. The molecule has 4 heteroatoms. The van der Waals surface area contributed by atoms with Crippen LogP contribution in [0.15, 0.2) is 18.2 Å². The van der Waals surface area contributed by atoms with Crippen LogP contribution in [0.25, 0.3) is 0 Å². The standard InChI is InChI=1S/C14H21F2NO/c1-10(2)14(9-18)17(3)7-6-11-4-5-12(15)8-13(11)16/h4-5,8,10,14,18H,6-7,9H2,1-3H3. The molecule has 0 spiro atoms. The molecule has 1 rings (SSSR count). The number of aliphatic hydroxyl groups is 1. The minimum absolute atomic E-state index is 0.0634. The van der Waals surface area contributed by atoms with Crippen LogP contribution < -0.4 is 0 Å².